The van der Waals surface area contributed by atoms with Crippen LogP contribution in [0, 0.1) is 0 Å². The lowest BCUT2D eigenvalue weighted by molar-refractivity contribution is -0.117. The van der Waals surface area contributed by atoms with Crippen molar-refractivity contribution in [3.63, 3.8) is 0 Å². The average Bonchev–Trinajstić information content (AvgIpc) is 3.13. The lowest BCUT2D eigenvalue weighted by atomic mass is 10.2. The SMILES string of the molecule is O=C1C[C@H](NC(=O)N(Cc2ccccc2)c2ccccc2)CN1c1ccc(Cl)cc1. The monoisotopic (exact) mass is 419 g/mol. The molecule has 3 amide bonds. The van der Waals surface area contributed by atoms with Gasteiger partial charge in [-0.1, -0.05) is 60.1 Å². The number of benzene rings is 3. The van der Waals surface area contributed by atoms with Gasteiger partial charge in [0.05, 0.1) is 12.6 Å². The zero-order valence-corrected chi connectivity index (χ0v) is 17.1. The molecule has 1 atom stereocenters. The van der Waals surface area contributed by atoms with Crippen LogP contribution >= 0.6 is 11.6 Å². The van der Waals surface area contributed by atoms with Gasteiger partial charge in [-0.25, -0.2) is 4.79 Å². The predicted octanol–water partition coefficient (Wildman–Crippen LogP) is 4.86. The first-order chi connectivity index (χ1) is 14.6. The van der Waals surface area contributed by atoms with E-state index in [9.17, 15) is 9.59 Å². The Labute approximate surface area is 180 Å². The lowest BCUT2D eigenvalue weighted by Gasteiger charge is -2.25. The number of amides is 3. The maximum absolute atomic E-state index is 13.2. The van der Waals surface area contributed by atoms with Gasteiger partial charge in [0, 0.05) is 29.4 Å². The van der Waals surface area contributed by atoms with E-state index < -0.39 is 0 Å². The number of hydrogen-bond donors (Lipinski definition) is 1. The van der Waals surface area contributed by atoms with Gasteiger partial charge in [-0.05, 0) is 42.0 Å². The van der Waals surface area contributed by atoms with Crippen LogP contribution in [0.2, 0.25) is 5.02 Å². The van der Waals surface area contributed by atoms with E-state index in [2.05, 4.69) is 5.32 Å². The molecule has 5 nitrogen and oxygen atoms in total. The maximum Gasteiger partial charge on any atom is 0.322 e. The van der Waals surface area contributed by atoms with Crippen molar-refractivity contribution in [2.75, 3.05) is 16.3 Å². The summed E-state index contributed by atoms with van der Waals surface area (Å²) < 4.78 is 0. The standard InChI is InChI=1S/C24H22ClN3O2/c25-19-11-13-22(14-12-19)27-17-20(15-23(27)29)26-24(30)28(21-9-5-2-6-10-21)16-18-7-3-1-4-8-18/h1-14,20H,15-17H2,(H,26,30)/t20-/m0/s1. The van der Waals surface area contributed by atoms with Crippen molar-refractivity contribution in [1.82, 2.24) is 5.32 Å². The van der Waals surface area contributed by atoms with Crippen LogP contribution in [0.25, 0.3) is 0 Å². The molecule has 6 heteroatoms. The molecule has 0 bridgehead atoms. The predicted molar refractivity (Wildman–Crippen MR) is 120 cm³/mol. The molecule has 1 saturated heterocycles. The topological polar surface area (TPSA) is 52.7 Å². The van der Waals surface area contributed by atoms with E-state index in [1.54, 1.807) is 21.9 Å². The molecule has 0 radical (unpaired) electrons. The van der Waals surface area contributed by atoms with Gasteiger partial charge in [-0.3, -0.25) is 9.69 Å². The molecular formula is C24H22ClN3O2. The average molecular weight is 420 g/mol. The third kappa shape index (κ3) is 4.63. The first kappa shape index (κ1) is 20.0. The molecule has 3 aromatic rings. The Morgan fingerprint density at radius 2 is 1.60 bits per heavy atom. The summed E-state index contributed by atoms with van der Waals surface area (Å²) in [6, 6.07) is 26.0. The Morgan fingerprint density at radius 3 is 2.27 bits per heavy atom. The number of rotatable bonds is 5. The van der Waals surface area contributed by atoms with Crippen LogP contribution in [0.1, 0.15) is 12.0 Å². The van der Waals surface area contributed by atoms with E-state index in [-0.39, 0.29) is 24.4 Å². The highest BCUT2D eigenvalue weighted by atomic mass is 35.5. The van der Waals surface area contributed by atoms with Crippen LogP contribution in [0.4, 0.5) is 16.2 Å². The first-order valence-electron chi connectivity index (χ1n) is 9.83. The Balaban J connectivity index is 1.48. The highest BCUT2D eigenvalue weighted by Crippen LogP contribution is 2.24. The van der Waals surface area contributed by atoms with Crippen LogP contribution in [-0.4, -0.2) is 24.5 Å². The van der Waals surface area contributed by atoms with Gasteiger partial charge in [0.2, 0.25) is 5.91 Å². The van der Waals surface area contributed by atoms with Crippen LogP contribution in [0.15, 0.2) is 84.9 Å². The summed E-state index contributed by atoms with van der Waals surface area (Å²) in [7, 11) is 0. The Kier molecular flexibility index (Phi) is 6.00. The summed E-state index contributed by atoms with van der Waals surface area (Å²) in [6.45, 7) is 0.873. The third-order valence-corrected chi connectivity index (χ3v) is 5.34. The van der Waals surface area contributed by atoms with E-state index in [0.717, 1.165) is 16.9 Å². The normalized spacial score (nSPS) is 15.8. The van der Waals surface area contributed by atoms with Crippen molar-refractivity contribution in [3.05, 3.63) is 95.5 Å². The van der Waals surface area contributed by atoms with Gasteiger partial charge in [0.15, 0.2) is 0 Å². The fourth-order valence-corrected chi connectivity index (χ4v) is 3.71. The fraction of sp³-hybridized carbons (Fsp3) is 0.167. The van der Waals surface area contributed by atoms with Crippen molar-refractivity contribution in [1.29, 1.82) is 0 Å². The van der Waals surface area contributed by atoms with Gasteiger partial charge in [-0.2, -0.15) is 0 Å². The van der Waals surface area contributed by atoms with Crippen LogP contribution in [0.5, 0.6) is 0 Å². The summed E-state index contributed by atoms with van der Waals surface area (Å²) in [4.78, 5) is 29.1. The van der Waals surface area contributed by atoms with Gasteiger partial charge in [-0.15, -0.1) is 0 Å². The minimum absolute atomic E-state index is 0.0167. The maximum atomic E-state index is 13.2. The number of carbonyl (C=O) groups is 2. The molecule has 1 fully saturated rings. The molecule has 1 aliphatic heterocycles. The molecule has 0 aromatic heterocycles. The Bertz CT molecular complexity index is 1010. The summed E-state index contributed by atoms with van der Waals surface area (Å²) in [5.41, 5.74) is 2.62. The van der Waals surface area contributed by atoms with E-state index in [4.69, 9.17) is 11.6 Å². The van der Waals surface area contributed by atoms with Crippen molar-refractivity contribution in [2.45, 2.75) is 19.0 Å². The highest BCUT2D eigenvalue weighted by molar-refractivity contribution is 6.30. The summed E-state index contributed by atoms with van der Waals surface area (Å²) in [6.07, 6.45) is 0.266. The number of anilines is 2. The second-order valence-electron chi connectivity index (χ2n) is 7.24. The van der Waals surface area contributed by atoms with Crippen molar-refractivity contribution in [3.8, 4) is 0 Å². The third-order valence-electron chi connectivity index (χ3n) is 5.09. The number of carbonyl (C=O) groups excluding carboxylic acids is 2. The molecule has 0 aliphatic carbocycles. The van der Waals surface area contributed by atoms with E-state index >= 15 is 0 Å². The number of hydrogen-bond acceptors (Lipinski definition) is 2. The van der Waals surface area contributed by atoms with Crippen molar-refractivity contribution >= 4 is 34.9 Å². The Hall–Kier alpha value is -3.31. The fourth-order valence-electron chi connectivity index (χ4n) is 3.58. The number of nitrogens with zero attached hydrogens (tertiary/aromatic N) is 2. The highest BCUT2D eigenvalue weighted by Gasteiger charge is 2.32. The lowest BCUT2D eigenvalue weighted by Crippen LogP contribution is -2.45. The summed E-state index contributed by atoms with van der Waals surface area (Å²) >= 11 is 5.95. The van der Waals surface area contributed by atoms with Gasteiger partial charge >= 0.3 is 6.03 Å². The van der Waals surface area contributed by atoms with E-state index in [1.807, 2.05) is 72.8 Å². The summed E-state index contributed by atoms with van der Waals surface area (Å²) in [5, 5.41) is 3.66. The van der Waals surface area contributed by atoms with E-state index in [1.165, 1.54) is 0 Å². The zero-order valence-electron chi connectivity index (χ0n) is 16.4. The quantitative estimate of drug-likeness (QED) is 0.642. The molecule has 0 unspecified atom stereocenters. The van der Waals surface area contributed by atoms with Gasteiger partial charge in [0.25, 0.3) is 0 Å². The Morgan fingerprint density at radius 1 is 0.967 bits per heavy atom. The van der Waals surface area contributed by atoms with Crippen molar-refractivity contribution < 1.29 is 9.59 Å². The van der Waals surface area contributed by atoms with Gasteiger partial charge < -0.3 is 10.2 Å². The number of para-hydroxylation sites is 1. The van der Waals surface area contributed by atoms with Crippen LogP contribution < -0.4 is 15.1 Å². The zero-order chi connectivity index (χ0) is 20.9. The largest absolute Gasteiger partial charge is 0.333 e. The molecule has 4 rings (SSSR count). The molecule has 30 heavy (non-hydrogen) atoms. The minimum atomic E-state index is -0.261. The van der Waals surface area contributed by atoms with Crippen LogP contribution in [-0.2, 0) is 11.3 Å². The molecule has 1 aliphatic rings. The number of nitrogens with one attached hydrogen (secondary N) is 1. The number of urea groups is 1. The van der Waals surface area contributed by atoms with Crippen molar-refractivity contribution in [2.24, 2.45) is 0 Å². The van der Waals surface area contributed by atoms with Crippen LogP contribution in [0.3, 0.4) is 0 Å². The molecule has 0 saturated carbocycles. The molecule has 1 N–H and O–H groups in total. The minimum Gasteiger partial charge on any atom is -0.333 e. The molecule has 3 aromatic carbocycles. The molecular weight excluding hydrogens is 398 g/mol. The second-order valence-corrected chi connectivity index (χ2v) is 7.68. The molecule has 1 heterocycles. The first-order valence-corrected chi connectivity index (χ1v) is 10.2. The van der Waals surface area contributed by atoms with Gasteiger partial charge in [0.1, 0.15) is 0 Å². The van der Waals surface area contributed by atoms with E-state index in [0.29, 0.717) is 18.1 Å². The molecule has 152 valence electrons. The number of halogens is 1. The molecule has 0 spiro atoms. The smallest absolute Gasteiger partial charge is 0.322 e. The second kappa shape index (κ2) is 9.01. The summed E-state index contributed by atoms with van der Waals surface area (Å²) in [5.74, 6) is -0.0167.